The Labute approximate surface area is 159 Å². The van der Waals surface area contributed by atoms with E-state index in [9.17, 15) is 13.2 Å². The third-order valence-corrected chi connectivity index (χ3v) is 8.14. The number of rotatable bonds is 6. The van der Waals surface area contributed by atoms with Crippen molar-refractivity contribution in [3.63, 3.8) is 0 Å². The molecule has 0 radical (unpaired) electrons. The van der Waals surface area contributed by atoms with E-state index >= 15 is 0 Å². The van der Waals surface area contributed by atoms with Crippen LogP contribution in [0, 0.1) is 5.92 Å². The van der Waals surface area contributed by atoms with E-state index in [1.165, 1.54) is 21.2 Å². The molecule has 1 amide bonds. The number of benzene rings is 1. The first-order valence-corrected chi connectivity index (χ1v) is 11.2. The summed E-state index contributed by atoms with van der Waals surface area (Å²) in [7, 11) is -3.41. The van der Waals surface area contributed by atoms with Crippen LogP contribution in [0.3, 0.4) is 0 Å². The molecule has 1 atom stereocenters. The van der Waals surface area contributed by atoms with Gasteiger partial charge in [-0.05, 0) is 35.8 Å². The Balaban J connectivity index is 1.49. The van der Waals surface area contributed by atoms with E-state index in [-0.39, 0.29) is 17.7 Å². The summed E-state index contributed by atoms with van der Waals surface area (Å²) in [5, 5.41) is 4.79. The van der Waals surface area contributed by atoms with Gasteiger partial charge < -0.3 is 5.32 Å². The molecule has 0 bridgehead atoms. The minimum Gasteiger partial charge on any atom is -0.355 e. The number of piperidine rings is 1. The molecule has 1 saturated heterocycles. The maximum Gasteiger partial charge on any atom is 0.252 e. The molecule has 5 nitrogen and oxygen atoms in total. The number of sulfonamides is 1. The number of thiophene rings is 1. The Morgan fingerprint density at radius 2 is 1.88 bits per heavy atom. The number of carbonyl (C=O) groups excluding carboxylic acids is 1. The van der Waals surface area contributed by atoms with Gasteiger partial charge in [-0.3, -0.25) is 4.79 Å². The molecule has 1 fully saturated rings. The van der Waals surface area contributed by atoms with Gasteiger partial charge in [0.05, 0.1) is 0 Å². The minimum atomic E-state index is -3.41. The van der Waals surface area contributed by atoms with Crippen LogP contribution in [0.5, 0.6) is 0 Å². The molecule has 0 spiro atoms. The summed E-state index contributed by atoms with van der Waals surface area (Å²) in [6.07, 6.45) is 1.13. The van der Waals surface area contributed by atoms with Crippen LogP contribution in [0.4, 0.5) is 0 Å². The topological polar surface area (TPSA) is 66.5 Å². The summed E-state index contributed by atoms with van der Waals surface area (Å²) in [6.45, 7) is 3.47. The summed E-state index contributed by atoms with van der Waals surface area (Å²) in [6, 6.07) is 13.5. The van der Waals surface area contributed by atoms with Crippen molar-refractivity contribution in [2.24, 2.45) is 5.92 Å². The Morgan fingerprint density at radius 3 is 2.50 bits per heavy atom. The fourth-order valence-corrected chi connectivity index (χ4v) is 5.81. The van der Waals surface area contributed by atoms with E-state index in [1.54, 1.807) is 17.5 Å². The zero-order chi connectivity index (χ0) is 18.6. The smallest absolute Gasteiger partial charge is 0.252 e. The number of carbonyl (C=O) groups is 1. The second kappa shape index (κ2) is 8.33. The molecule has 26 heavy (non-hydrogen) atoms. The van der Waals surface area contributed by atoms with Crippen molar-refractivity contribution in [1.82, 2.24) is 9.62 Å². The van der Waals surface area contributed by atoms with Crippen molar-refractivity contribution in [2.45, 2.75) is 29.9 Å². The van der Waals surface area contributed by atoms with Crippen molar-refractivity contribution in [3.8, 4) is 0 Å². The number of hydrogen-bond donors (Lipinski definition) is 1. The second-order valence-electron chi connectivity index (χ2n) is 6.67. The van der Waals surface area contributed by atoms with E-state index in [2.05, 4.69) is 24.4 Å². The molecule has 1 aromatic heterocycles. The Kier molecular flexibility index (Phi) is 6.11. The SMILES string of the molecule is C[C@@H](CNC(=O)C1CCN(S(=O)(=O)c2cccs2)CC1)c1ccccc1. The lowest BCUT2D eigenvalue weighted by Gasteiger charge is -2.30. The molecule has 2 aromatic rings. The highest BCUT2D eigenvalue weighted by molar-refractivity contribution is 7.91. The van der Waals surface area contributed by atoms with Crippen LogP contribution in [0.15, 0.2) is 52.1 Å². The molecular formula is C19H24N2O3S2. The second-order valence-corrected chi connectivity index (χ2v) is 9.78. The predicted octanol–water partition coefficient (Wildman–Crippen LogP) is 3.07. The van der Waals surface area contributed by atoms with E-state index in [1.807, 2.05) is 18.2 Å². The molecular weight excluding hydrogens is 368 g/mol. The van der Waals surface area contributed by atoms with Gasteiger partial charge in [0.2, 0.25) is 5.91 Å². The predicted molar refractivity (Wildman–Crippen MR) is 104 cm³/mol. The molecule has 140 valence electrons. The third-order valence-electron chi connectivity index (χ3n) is 4.87. The van der Waals surface area contributed by atoms with Gasteiger partial charge in [-0.2, -0.15) is 4.31 Å². The van der Waals surface area contributed by atoms with Crippen molar-refractivity contribution >= 4 is 27.3 Å². The highest BCUT2D eigenvalue weighted by Gasteiger charge is 2.32. The van der Waals surface area contributed by atoms with Gasteiger partial charge in [-0.25, -0.2) is 8.42 Å². The number of hydrogen-bond acceptors (Lipinski definition) is 4. The van der Waals surface area contributed by atoms with Gasteiger partial charge in [0.15, 0.2) is 0 Å². The fourth-order valence-electron chi connectivity index (χ4n) is 3.19. The molecule has 1 aliphatic rings. The molecule has 1 N–H and O–H groups in total. The van der Waals surface area contributed by atoms with E-state index in [0.29, 0.717) is 36.7 Å². The monoisotopic (exact) mass is 392 g/mol. The normalized spacial score (nSPS) is 17.7. The fraction of sp³-hybridized carbons (Fsp3) is 0.421. The molecule has 0 aliphatic carbocycles. The van der Waals surface area contributed by atoms with Crippen LogP contribution in [0.2, 0.25) is 0 Å². The summed E-state index contributed by atoms with van der Waals surface area (Å²) >= 11 is 1.23. The number of nitrogens with one attached hydrogen (secondary N) is 1. The van der Waals surface area contributed by atoms with Crippen LogP contribution < -0.4 is 5.32 Å². The van der Waals surface area contributed by atoms with E-state index in [4.69, 9.17) is 0 Å². The molecule has 0 saturated carbocycles. The third kappa shape index (κ3) is 4.34. The molecule has 3 rings (SSSR count). The summed E-state index contributed by atoms with van der Waals surface area (Å²) < 4.78 is 26.9. The first-order valence-electron chi connectivity index (χ1n) is 8.85. The van der Waals surface area contributed by atoms with E-state index < -0.39 is 10.0 Å². The van der Waals surface area contributed by atoms with Crippen LogP contribution >= 0.6 is 11.3 Å². The average molecular weight is 393 g/mol. The molecule has 0 unspecified atom stereocenters. The molecule has 7 heteroatoms. The zero-order valence-electron chi connectivity index (χ0n) is 14.8. The number of nitrogens with zero attached hydrogens (tertiary/aromatic N) is 1. The maximum atomic E-state index is 12.5. The molecule has 2 heterocycles. The van der Waals surface area contributed by atoms with Crippen molar-refractivity contribution in [3.05, 3.63) is 53.4 Å². The zero-order valence-corrected chi connectivity index (χ0v) is 16.4. The quantitative estimate of drug-likeness (QED) is 0.822. The Morgan fingerprint density at radius 1 is 1.19 bits per heavy atom. The Bertz CT molecular complexity index is 812. The van der Waals surface area contributed by atoms with Crippen molar-refractivity contribution < 1.29 is 13.2 Å². The van der Waals surface area contributed by atoms with Gasteiger partial charge in [-0.1, -0.05) is 43.3 Å². The van der Waals surface area contributed by atoms with Crippen LogP contribution in [-0.4, -0.2) is 38.3 Å². The van der Waals surface area contributed by atoms with Gasteiger partial charge in [-0.15, -0.1) is 11.3 Å². The van der Waals surface area contributed by atoms with Crippen LogP contribution in [0.25, 0.3) is 0 Å². The molecule has 1 aliphatic heterocycles. The standard InChI is InChI=1S/C19H24N2O3S2/c1-15(16-6-3-2-4-7-16)14-20-19(22)17-9-11-21(12-10-17)26(23,24)18-8-5-13-25-18/h2-8,13,15,17H,9-12,14H2,1H3,(H,20,22)/t15-/m0/s1. The minimum absolute atomic E-state index is 0.0287. The van der Waals surface area contributed by atoms with Gasteiger partial charge >= 0.3 is 0 Å². The van der Waals surface area contributed by atoms with Crippen molar-refractivity contribution in [1.29, 1.82) is 0 Å². The van der Waals surface area contributed by atoms with E-state index in [0.717, 1.165) is 0 Å². The molecule has 1 aromatic carbocycles. The summed E-state index contributed by atoms with van der Waals surface area (Å²) in [5.41, 5.74) is 1.20. The lowest BCUT2D eigenvalue weighted by molar-refractivity contribution is -0.126. The largest absolute Gasteiger partial charge is 0.355 e. The first-order chi connectivity index (χ1) is 12.5. The lowest BCUT2D eigenvalue weighted by Crippen LogP contribution is -2.43. The van der Waals surface area contributed by atoms with Crippen LogP contribution in [-0.2, 0) is 14.8 Å². The van der Waals surface area contributed by atoms with Crippen LogP contribution in [0.1, 0.15) is 31.2 Å². The number of amides is 1. The average Bonchev–Trinajstić information content (AvgIpc) is 3.22. The van der Waals surface area contributed by atoms with Crippen molar-refractivity contribution in [2.75, 3.05) is 19.6 Å². The van der Waals surface area contributed by atoms with Gasteiger partial charge in [0.25, 0.3) is 10.0 Å². The van der Waals surface area contributed by atoms with Gasteiger partial charge in [0.1, 0.15) is 4.21 Å². The Hall–Kier alpha value is -1.70. The lowest BCUT2D eigenvalue weighted by atomic mass is 9.96. The summed E-state index contributed by atoms with van der Waals surface area (Å²) in [4.78, 5) is 12.4. The highest BCUT2D eigenvalue weighted by Crippen LogP contribution is 2.26. The summed E-state index contributed by atoms with van der Waals surface area (Å²) in [5.74, 6) is 0.160. The first kappa shape index (κ1) is 19.1. The highest BCUT2D eigenvalue weighted by atomic mass is 32.2. The van der Waals surface area contributed by atoms with Gasteiger partial charge in [0, 0.05) is 25.6 Å². The maximum absolute atomic E-state index is 12.5.